The van der Waals surface area contributed by atoms with Crippen molar-refractivity contribution in [1.29, 1.82) is 0 Å². The molecule has 0 spiro atoms. The van der Waals surface area contributed by atoms with Crippen LogP contribution in [-0.2, 0) is 11.2 Å². The highest BCUT2D eigenvalue weighted by Gasteiger charge is 2.20. The largest absolute Gasteiger partial charge is 0.495 e. The number of rotatable bonds is 4. The van der Waals surface area contributed by atoms with Crippen LogP contribution >= 0.6 is 11.6 Å². The summed E-state index contributed by atoms with van der Waals surface area (Å²) in [5.74, 6) is 0.673. The highest BCUT2D eigenvalue weighted by molar-refractivity contribution is 6.32. The molecule has 0 saturated carbocycles. The Morgan fingerprint density at radius 3 is 3.00 bits per heavy atom. The van der Waals surface area contributed by atoms with E-state index in [9.17, 15) is 0 Å². The summed E-state index contributed by atoms with van der Waals surface area (Å²) in [5, 5.41) is 4.01. The minimum Gasteiger partial charge on any atom is -0.495 e. The number of ether oxygens (including phenoxy) is 2. The van der Waals surface area contributed by atoms with Gasteiger partial charge >= 0.3 is 0 Å². The summed E-state index contributed by atoms with van der Waals surface area (Å²) < 4.78 is 11.1. The Kier molecular flexibility index (Phi) is 4.32. The third kappa shape index (κ3) is 3.14. The van der Waals surface area contributed by atoms with Crippen LogP contribution in [0.25, 0.3) is 0 Å². The number of fused-ring (bicyclic) bond motifs is 1. The summed E-state index contributed by atoms with van der Waals surface area (Å²) in [6, 6.07) is 14.1. The number of hydrogen-bond donors (Lipinski definition) is 1. The van der Waals surface area contributed by atoms with Gasteiger partial charge in [-0.1, -0.05) is 35.9 Å². The van der Waals surface area contributed by atoms with Gasteiger partial charge in [0.05, 0.1) is 24.8 Å². The fourth-order valence-electron chi connectivity index (χ4n) is 2.63. The second kappa shape index (κ2) is 6.37. The van der Waals surface area contributed by atoms with Crippen LogP contribution in [0.4, 0.5) is 5.69 Å². The maximum absolute atomic E-state index is 6.03. The van der Waals surface area contributed by atoms with Gasteiger partial charge in [-0.15, -0.1) is 0 Å². The van der Waals surface area contributed by atoms with Crippen molar-refractivity contribution in [3.8, 4) is 5.75 Å². The lowest BCUT2D eigenvalue weighted by Crippen LogP contribution is -2.22. The number of benzene rings is 2. The number of halogens is 1. The number of anilines is 1. The molecule has 0 radical (unpaired) electrons. The van der Waals surface area contributed by atoms with E-state index >= 15 is 0 Å². The van der Waals surface area contributed by atoms with Crippen molar-refractivity contribution in [2.24, 2.45) is 0 Å². The zero-order valence-electron chi connectivity index (χ0n) is 11.9. The van der Waals surface area contributed by atoms with Gasteiger partial charge < -0.3 is 14.8 Å². The van der Waals surface area contributed by atoms with Crippen molar-refractivity contribution in [3.05, 3.63) is 58.6 Å². The third-order valence-electron chi connectivity index (χ3n) is 3.74. The highest BCUT2D eigenvalue weighted by atomic mass is 35.5. The van der Waals surface area contributed by atoms with Crippen LogP contribution < -0.4 is 10.1 Å². The first kappa shape index (κ1) is 14.2. The predicted octanol–water partition coefficient (Wildman–Crippen LogP) is 4.07. The van der Waals surface area contributed by atoms with Gasteiger partial charge in [0, 0.05) is 18.3 Å². The monoisotopic (exact) mass is 303 g/mol. The van der Waals surface area contributed by atoms with Crippen molar-refractivity contribution in [2.75, 3.05) is 25.6 Å². The summed E-state index contributed by atoms with van der Waals surface area (Å²) in [5.41, 5.74) is 3.63. The number of nitrogens with one attached hydrogen (secondary N) is 1. The van der Waals surface area contributed by atoms with Crippen LogP contribution in [0.3, 0.4) is 0 Å². The second-order valence-electron chi connectivity index (χ2n) is 5.04. The zero-order chi connectivity index (χ0) is 14.7. The van der Waals surface area contributed by atoms with Gasteiger partial charge in [0.25, 0.3) is 0 Å². The molecule has 4 heteroatoms. The maximum atomic E-state index is 6.03. The first-order valence-corrected chi connectivity index (χ1v) is 7.42. The van der Waals surface area contributed by atoms with Crippen LogP contribution in [-0.4, -0.2) is 20.3 Å². The molecule has 1 aliphatic rings. The van der Waals surface area contributed by atoms with E-state index in [1.54, 1.807) is 7.11 Å². The van der Waals surface area contributed by atoms with Crippen LogP contribution in [0, 0.1) is 0 Å². The summed E-state index contributed by atoms with van der Waals surface area (Å²) in [6.45, 7) is 1.50. The van der Waals surface area contributed by atoms with Crippen molar-refractivity contribution >= 4 is 17.3 Å². The molecule has 0 bridgehead atoms. The minimum absolute atomic E-state index is 0.0802. The Balaban J connectivity index is 1.71. The standard InChI is InChI=1S/C17H18ClNO2/c1-20-16-10-13(6-7-15(16)18)19-11-17-14-5-3-2-4-12(14)8-9-21-17/h2-7,10,17,19H,8-9,11H2,1H3. The normalized spacial score (nSPS) is 17.1. The van der Waals surface area contributed by atoms with Crippen LogP contribution in [0.15, 0.2) is 42.5 Å². The molecule has 3 nitrogen and oxygen atoms in total. The second-order valence-corrected chi connectivity index (χ2v) is 5.45. The molecule has 110 valence electrons. The molecule has 21 heavy (non-hydrogen) atoms. The molecular weight excluding hydrogens is 286 g/mol. The van der Waals surface area contributed by atoms with Gasteiger partial charge in [-0.05, 0) is 29.7 Å². The number of methoxy groups -OCH3 is 1. The van der Waals surface area contributed by atoms with Gasteiger partial charge in [-0.2, -0.15) is 0 Å². The fraction of sp³-hybridized carbons (Fsp3) is 0.294. The molecule has 1 aliphatic heterocycles. The van der Waals surface area contributed by atoms with Crippen molar-refractivity contribution in [3.63, 3.8) is 0 Å². The molecule has 1 N–H and O–H groups in total. The van der Waals surface area contributed by atoms with Gasteiger partial charge in [-0.3, -0.25) is 0 Å². The minimum atomic E-state index is 0.0802. The van der Waals surface area contributed by atoms with Crippen molar-refractivity contribution in [2.45, 2.75) is 12.5 Å². The molecule has 1 atom stereocenters. The zero-order valence-corrected chi connectivity index (χ0v) is 12.7. The molecule has 1 heterocycles. The molecule has 0 fully saturated rings. The Morgan fingerprint density at radius 1 is 1.29 bits per heavy atom. The van der Waals surface area contributed by atoms with E-state index in [4.69, 9.17) is 21.1 Å². The average molecular weight is 304 g/mol. The van der Waals surface area contributed by atoms with E-state index in [1.807, 2.05) is 18.2 Å². The number of hydrogen-bond acceptors (Lipinski definition) is 3. The van der Waals surface area contributed by atoms with E-state index in [0.717, 1.165) is 25.3 Å². The van der Waals surface area contributed by atoms with Crippen molar-refractivity contribution < 1.29 is 9.47 Å². The molecular formula is C17H18ClNO2. The molecule has 2 aromatic rings. The summed E-state index contributed by atoms with van der Waals surface area (Å²) in [7, 11) is 1.62. The Labute approximate surface area is 129 Å². The smallest absolute Gasteiger partial charge is 0.139 e. The van der Waals surface area contributed by atoms with E-state index in [-0.39, 0.29) is 6.10 Å². The summed E-state index contributed by atoms with van der Waals surface area (Å²) >= 11 is 6.03. The van der Waals surface area contributed by atoms with E-state index in [0.29, 0.717) is 10.8 Å². The molecule has 0 aromatic heterocycles. The lowest BCUT2D eigenvalue weighted by atomic mass is 9.97. The summed E-state index contributed by atoms with van der Waals surface area (Å²) in [4.78, 5) is 0. The van der Waals surface area contributed by atoms with Gasteiger partial charge in [-0.25, -0.2) is 0 Å². The van der Waals surface area contributed by atoms with Crippen LogP contribution in [0.1, 0.15) is 17.2 Å². The van der Waals surface area contributed by atoms with Crippen LogP contribution in [0.5, 0.6) is 5.75 Å². The Bertz CT molecular complexity index is 630. The lowest BCUT2D eigenvalue weighted by Gasteiger charge is -2.26. The SMILES string of the molecule is COc1cc(NCC2OCCc3ccccc32)ccc1Cl. The quantitative estimate of drug-likeness (QED) is 0.923. The average Bonchev–Trinajstić information content (AvgIpc) is 2.54. The molecule has 0 amide bonds. The van der Waals surface area contributed by atoms with E-state index in [2.05, 4.69) is 29.6 Å². The van der Waals surface area contributed by atoms with E-state index in [1.165, 1.54) is 11.1 Å². The molecule has 0 aliphatic carbocycles. The first-order valence-electron chi connectivity index (χ1n) is 7.05. The lowest BCUT2D eigenvalue weighted by molar-refractivity contribution is 0.0513. The molecule has 0 saturated heterocycles. The van der Waals surface area contributed by atoms with Crippen LogP contribution in [0.2, 0.25) is 5.02 Å². The molecule has 1 unspecified atom stereocenters. The highest BCUT2D eigenvalue weighted by Crippen LogP contribution is 2.30. The Hall–Kier alpha value is -1.71. The van der Waals surface area contributed by atoms with Gasteiger partial charge in [0.15, 0.2) is 0 Å². The maximum Gasteiger partial charge on any atom is 0.139 e. The summed E-state index contributed by atoms with van der Waals surface area (Å²) in [6.07, 6.45) is 1.07. The van der Waals surface area contributed by atoms with Gasteiger partial charge in [0.2, 0.25) is 0 Å². The first-order chi connectivity index (χ1) is 10.3. The Morgan fingerprint density at radius 2 is 2.14 bits per heavy atom. The topological polar surface area (TPSA) is 30.5 Å². The van der Waals surface area contributed by atoms with E-state index < -0.39 is 0 Å². The fourth-order valence-corrected chi connectivity index (χ4v) is 2.82. The van der Waals surface area contributed by atoms with Crippen molar-refractivity contribution in [1.82, 2.24) is 0 Å². The molecule has 3 rings (SSSR count). The van der Waals surface area contributed by atoms with Gasteiger partial charge in [0.1, 0.15) is 5.75 Å². The molecule has 2 aromatic carbocycles. The third-order valence-corrected chi connectivity index (χ3v) is 4.05. The predicted molar refractivity (Wildman–Crippen MR) is 85.3 cm³/mol.